The van der Waals surface area contributed by atoms with Gasteiger partial charge >= 0.3 is 0 Å². The van der Waals surface area contributed by atoms with Gasteiger partial charge in [-0.15, -0.1) is 0 Å². The fourth-order valence-electron chi connectivity index (χ4n) is 3.93. The third-order valence-corrected chi connectivity index (χ3v) is 5.36. The Balaban J connectivity index is 2.18. The molecule has 0 saturated heterocycles. The molecule has 156 valence electrons. The number of halogens is 1. The topological polar surface area (TPSA) is 110 Å². The summed E-state index contributed by atoms with van der Waals surface area (Å²) in [4.78, 5) is 24.5. The zero-order chi connectivity index (χ0) is 21.5. The quantitative estimate of drug-likeness (QED) is 0.688. The first-order valence-corrected chi connectivity index (χ1v) is 9.70. The van der Waals surface area contributed by atoms with Crippen LogP contribution in [0.2, 0.25) is 0 Å². The Morgan fingerprint density at radius 1 is 1.41 bits per heavy atom. The number of nitrogens with zero attached hydrogens (tertiary/aromatic N) is 2. The van der Waals surface area contributed by atoms with E-state index in [0.717, 1.165) is 5.69 Å². The number of anilines is 1. The number of aromatic nitrogens is 2. The SMILES string of the molecule is CCC(CO)Nc1cc(-n2nc(C)c3c2CC(C)(C)CC3=O)cc(F)c1C(N)=O. The number of carbonyl (C=O) groups is 2. The van der Waals surface area contributed by atoms with Gasteiger partial charge in [-0.3, -0.25) is 9.59 Å². The number of amides is 1. The largest absolute Gasteiger partial charge is 0.394 e. The number of nitrogens with two attached hydrogens (primary N) is 1. The molecule has 0 radical (unpaired) electrons. The molecule has 1 aromatic heterocycles. The number of fused-ring (bicyclic) bond motifs is 1. The van der Waals surface area contributed by atoms with Crippen LogP contribution < -0.4 is 11.1 Å². The summed E-state index contributed by atoms with van der Waals surface area (Å²) in [6.07, 6.45) is 1.62. The van der Waals surface area contributed by atoms with Gasteiger partial charge in [-0.1, -0.05) is 20.8 Å². The molecule has 1 aliphatic rings. The average Bonchev–Trinajstić information content (AvgIpc) is 2.94. The number of carbonyl (C=O) groups excluding carboxylic acids is 2. The Hall–Kier alpha value is -2.74. The number of hydrogen-bond acceptors (Lipinski definition) is 5. The number of ketones is 1. The average molecular weight is 402 g/mol. The van der Waals surface area contributed by atoms with Crippen LogP contribution >= 0.6 is 0 Å². The standard InChI is InChI=1S/C21H27FN4O3/c1-5-12(10-27)24-15-7-13(6-14(22)19(15)20(23)29)26-16-8-21(3,4)9-17(28)18(16)11(2)25-26/h6-7,12,24,27H,5,8-10H2,1-4H3,(H2,23,29). The van der Waals surface area contributed by atoms with Crippen LogP contribution in [0.3, 0.4) is 0 Å². The lowest BCUT2D eigenvalue weighted by atomic mass is 9.75. The van der Waals surface area contributed by atoms with Gasteiger partial charge in [0.15, 0.2) is 5.78 Å². The number of Topliss-reactive ketones (excluding diaryl/α,β-unsaturated/α-hetero) is 1. The van der Waals surface area contributed by atoms with Crippen molar-refractivity contribution >= 4 is 17.4 Å². The fourth-order valence-corrected chi connectivity index (χ4v) is 3.93. The third-order valence-electron chi connectivity index (χ3n) is 5.36. The van der Waals surface area contributed by atoms with E-state index >= 15 is 0 Å². The van der Waals surface area contributed by atoms with Gasteiger partial charge in [-0.2, -0.15) is 5.10 Å². The number of primary amides is 1. The Bertz CT molecular complexity index is 977. The van der Waals surface area contributed by atoms with E-state index in [1.165, 1.54) is 6.07 Å². The van der Waals surface area contributed by atoms with Crippen LogP contribution in [0.15, 0.2) is 12.1 Å². The summed E-state index contributed by atoms with van der Waals surface area (Å²) < 4.78 is 16.4. The zero-order valence-corrected chi connectivity index (χ0v) is 17.2. The predicted molar refractivity (Wildman–Crippen MR) is 108 cm³/mol. The van der Waals surface area contributed by atoms with Crippen molar-refractivity contribution < 1.29 is 19.1 Å². The van der Waals surface area contributed by atoms with Gasteiger partial charge in [0.25, 0.3) is 5.91 Å². The monoisotopic (exact) mass is 402 g/mol. The second kappa shape index (κ2) is 7.59. The van der Waals surface area contributed by atoms with E-state index in [9.17, 15) is 19.1 Å². The fraction of sp³-hybridized carbons (Fsp3) is 0.476. The number of rotatable bonds is 6. The number of benzene rings is 1. The lowest BCUT2D eigenvalue weighted by molar-refractivity contribution is 0.0909. The summed E-state index contributed by atoms with van der Waals surface area (Å²) in [7, 11) is 0. The van der Waals surface area contributed by atoms with Crippen LogP contribution in [0.25, 0.3) is 5.69 Å². The smallest absolute Gasteiger partial charge is 0.253 e. The molecule has 0 bridgehead atoms. The van der Waals surface area contributed by atoms with Gasteiger partial charge in [0, 0.05) is 18.5 Å². The van der Waals surface area contributed by atoms with Crippen LogP contribution in [0.4, 0.5) is 10.1 Å². The van der Waals surface area contributed by atoms with Crippen molar-refractivity contribution in [3.8, 4) is 5.69 Å². The Kier molecular flexibility index (Phi) is 5.49. The molecule has 1 aromatic carbocycles. The summed E-state index contributed by atoms with van der Waals surface area (Å²) in [5.41, 5.74) is 7.37. The molecular weight excluding hydrogens is 375 g/mol. The predicted octanol–water partition coefficient (Wildman–Crippen LogP) is 2.76. The molecule has 1 heterocycles. The molecule has 0 spiro atoms. The highest BCUT2D eigenvalue weighted by molar-refractivity contribution is 6.00. The van der Waals surface area contributed by atoms with Gasteiger partial charge in [0.1, 0.15) is 5.82 Å². The van der Waals surface area contributed by atoms with Gasteiger partial charge in [0.05, 0.1) is 40.5 Å². The molecule has 0 saturated carbocycles. The Labute approximate surface area is 169 Å². The van der Waals surface area contributed by atoms with E-state index in [1.807, 2.05) is 20.8 Å². The molecule has 1 amide bonds. The summed E-state index contributed by atoms with van der Waals surface area (Å²) in [6, 6.07) is 2.42. The molecule has 29 heavy (non-hydrogen) atoms. The van der Waals surface area contributed by atoms with Gasteiger partial charge in [-0.25, -0.2) is 9.07 Å². The number of hydrogen-bond donors (Lipinski definition) is 3. The van der Waals surface area contributed by atoms with Gasteiger partial charge in [0.2, 0.25) is 0 Å². The van der Waals surface area contributed by atoms with E-state index in [2.05, 4.69) is 10.4 Å². The van der Waals surface area contributed by atoms with Crippen LogP contribution in [-0.2, 0) is 6.42 Å². The maximum absolute atomic E-state index is 14.9. The highest BCUT2D eigenvalue weighted by atomic mass is 19.1. The van der Waals surface area contributed by atoms with E-state index in [-0.39, 0.29) is 35.1 Å². The molecule has 1 aliphatic carbocycles. The zero-order valence-electron chi connectivity index (χ0n) is 17.2. The molecule has 7 nitrogen and oxygen atoms in total. The number of aryl methyl sites for hydroxylation is 1. The molecule has 3 rings (SSSR count). The third kappa shape index (κ3) is 3.89. The molecular formula is C21H27FN4O3. The van der Waals surface area contributed by atoms with E-state index in [4.69, 9.17) is 5.73 Å². The first-order valence-electron chi connectivity index (χ1n) is 9.70. The van der Waals surface area contributed by atoms with Crippen molar-refractivity contribution in [2.24, 2.45) is 11.1 Å². The van der Waals surface area contributed by atoms with Gasteiger partial charge in [-0.05, 0) is 31.2 Å². The Morgan fingerprint density at radius 3 is 2.69 bits per heavy atom. The van der Waals surface area contributed by atoms with Crippen molar-refractivity contribution in [3.63, 3.8) is 0 Å². The van der Waals surface area contributed by atoms with Crippen molar-refractivity contribution in [1.82, 2.24) is 9.78 Å². The molecule has 1 unspecified atom stereocenters. The van der Waals surface area contributed by atoms with E-state index in [0.29, 0.717) is 36.2 Å². The maximum atomic E-state index is 14.9. The van der Waals surface area contributed by atoms with Crippen LogP contribution in [0.5, 0.6) is 0 Å². The molecule has 0 aliphatic heterocycles. The minimum absolute atomic E-state index is 0.0268. The minimum Gasteiger partial charge on any atom is -0.394 e. The normalized spacial score (nSPS) is 16.4. The maximum Gasteiger partial charge on any atom is 0.253 e. The second-order valence-corrected chi connectivity index (χ2v) is 8.41. The minimum atomic E-state index is -0.903. The summed E-state index contributed by atoms with van der Waals surface area (Å²) in [5, 5.41) is 17.0. The van der Waals surface area contributed by atoms with E-state index in [1.54, 1.807) is 17.7 Å². The summed E-state index contributed by atoms with van der Waals surface area (Å²) >= 11 is 0. The lowest BCUT2D eigenvalue weighted by Gasteiger charge is -2.29. The summed E-state index contributed by atoms with van der Waals surface area (Å²) in [5.74, 6) is -1.66. The number of nitrogens with one attached hydrogen (secondary N) is 1. The van der Waals surface area contributed by atoms with Gasteiger partial charge < -0.3 is 16.2 Å². The second-order valence-electron chi connectivity index (χ2n) is 8.41. The number of aliphatic hydroxyl groups excluding tert-OH is 1. The molecule has 2 aromatic rings. The molecule has 4 N–H and O–H groups in total. The molecule has 0 fully saturated rings. The molecule has 1 atom stereocenters. The first-order chi connectivity index (χ1) is 13.6. The lowest BCUT2D eigenvalue weighted by Crippen LogP contribution is -2.28. The highest BCUT2D eigenvalue weighted by Crippen LogP contribution is 2.37. The molecule has 8 heteroatoms. The van der Waals surface area contributed by atoms with Crippen LogP contribution in [-0.4, -0.2) is 39.2 Å². The van der Waals surface area contributed by atoms with E-state index < -0.39 is 11.7 Å². The van der Waals surface area contributed by atoms with Crippen molar-refractivity contribution in [3.05, 3.63) is 40.5 Å². The van der Waals surface area contributed by atoms with Crippen molar-refractivity contribution in [2.75, 3.05) is 11.9 Å². The highest BCUT2D eigenvalue weighted by Gasteiger charge is 2.36. The Morgan fingerprint density at radius 2 is 2.10 bits per heavy atom. The summed E-state index contributed by atoms with van der Waals surface area (Å²) in [6.45, 7) is 7.46. The van der Waals surface area contributed by atoms with Crippen molar-refractivity contribution in [2.45, 2.75) is 53.0 Å². The van der Waals surface area contributed by atoms with Crippen molar-refractivity contribution in [1.29, 1.82) is 0 Å². The number of aliphatic hydroxyl groups is 1. The van der Waals surface area contributed by atoms with Crippen LogP contribution in [0.1, 0.15) is 65.7 Å². The first kappa shape index (κ1) is 21.0. The van der Waals surface area contributed by atoms with Crippen LogP contribution in [0, 0.1) is 18.2 Å².